The lowest BCUT2D eigenvalue weighted by molar-refractivity contribution is -0.141. The van der Waals surface area contributed by atoms with E-state index in [2.05, 4.69) is 5.32 Å². The number of methoxy groups -OCH3 is 2. The Morgan fingerprint density at radius 1 is 0.974 bits per heavy atom. The van der Waals surface area contributed by atoms with Gasteiger partial charge in [0.15, 0.2) is 0 Å². The van der Waals surface area contributed by atoms with E-state index in [4.69, 9.17) is 9.47 Å². The number of rotatable bonds is 15. The largest absolute Gasteiger partial charge is 0.497 e. The first-order valence-corrected chi connectivity index (χ1v) is 14.7. The molecule has 2 rings (SSSR count). The minimum absolute atomic E-state index is 0.0156. The van der Waals surface area contributed by atoms with Gasteiger partial charge in [0, 0.05) is 25.6 Å². The van der Waals surface area contributed by atoms with Crippen LogP contribution in [0.5, 0.6) is 11.5 Å². The molecule has 210 valence electrons. The number of ether oxygens (including phenoxy) is 2. The highest BCUT2D eigenvalue weighted by molar-refractivity contribution is 7.92. The molecule has 0 fully saturated rings. The fourth-order valence-corrected chi connectivity index (χ4v) is 5.05. The van der Waals surface area contributed by atoms with Crippen molar-refractivity contribution in [3.05, 3.63) is 54.1 Å². The third-order valence-electron chi connectivity index (χ3n) is 6.39. The molecule has 0 saturated carbocycles. The zero-order chi connectivity index (χ0) is 28.3. The van der Waals surface area contributed by atoms with E-state index in [0.29, 0.717) is 23.6 Å². The normalized spacial score (nSPS) is 12.8. The monoisotopic (exact) mass is 547 g/mol. The summed E-state index contributed by atoms with van der Waals surface area (Å²) in [7, 11) is -0.456. The second kappa shape index (κ2) is 14.6. The Labute approximate surface area is 227 Å². The number of hydrogen-bond donors (Lipinski definition) is 1. The summed E-state index contributed by atoms with van der Waals surface area (Å²) in [5, 5.41) is 2.99. The van der Waals surface area contributed by atoms with Crippen molar-refractivity contribution in [2.75, 3.05) is 31.3 Å². The molecule has 2 atom stereocenters. The van der Waals surface area contributed by atoms with Gasteiger partial charge in [-0.05, 0) is 68.1 Å². The summed E-state index contributed by atoms with van der Waals surface area (Å²) in [4.78, 5) is 28.3. The van der Waals surface area contributed by atoms with Crippen LogP contribution >= 0.6 is 0 Å². The van der Waals surface area contributed by atoms with Crippen molar-refractivity contribution >= 4 is 27.5 Å². The summed E-state index contributed by atoms with van der Waals surface area (Å²) < 4.78 is 36.8. The van der Waals surface area contributed by atoms with Gasteiger partial charge in [-0.25, -0.2) is 8.42 Å². The maximum absolute atomic E-state index is 13.5. The Kier molecular flexibility index (Phi) is 11.9. The minimum Gasteiger partial charge on any atom is -0.497 e. The van der Waals surface area contributed by atoms with Crippen LogP contribution in [0.2, 0.25) is 0 Å². The molecule has 9 nitrogen and oxygen atoms in total. The van der Waals surface area contributed by atoms with Crippen molar-refractivity contribution in [3.63, 3.8) is 0 Å². The first-order valence-electron chi connectivity index (χ1n) is 12.9. The van der Waals surface area contributed by atoms with Crippen LogP contribution in [0.4, 0.5) is 5.69 Å². The van der Waals surface area contributed by atoms with E-state index in [0.717, 1.165) is 18.2 Å². The number of carbonyl (C=O) groups excluding carboxylic acids is 2. The lowest BCUT2D eigenvalue weighted by atomic mass is 10.1. The van der Waals surface area contributed by atoms with E-state index in [-0.39, 0.29) is 43.8 Å². The van der Waals surface area contributed by atoms with Crippen LogP contribution < -0.4 is 19.1 Å². The van der Waals surface area contributed by atoms with E-state index < -0.39 is 16.1 Å². The zero-order valence-electron chi connectivity index (χ0n) is 23.3. The van der Waals surface area contributed by atoms with Crippen LogP contribution in [0.1, 0.15) is 52.0 Å². The topological polar surface area (TPSA) is 105 Å². The smallest absolute Gasteiger partial charge is 0.243 e. The van der Waals surface area contributed by atoms with Crippen molar-refractivity contribution in [1.82, 2.24) is 10.2 Å². The second-order valence-electron chi connectivity index (χ2n) is 9.25. The Bertz CT molecular complexity index is 1150. The molecule has 0 aliphatic rings. The SMILES string of the molecule is CC[C@H](C)NC(=O)[C@H](CC)N(Cc1cccc(OC)c1)C(=O)CCCN(c1ccc(OC)cc1)S(C)(=O)=O. The maximum Gasteiger partial charge on any atom is 0.243 e. The quantitative estimate of drug-likeness (QED) is 0.362. The molecule has 0 bridgehead atoms. The first-order chi connectivity index (χ1) is 18.0. The highest BCUT2D eigenvalue weighted by Crippen LogP contribution is 2.23. The predicted molar refractivity (Wildman–Crippen MR) is 150 cm³/mol. The number of sulfonamides is 1. The number of anilines is 1. The maximum atomic E-state index is 13.5. The minimum atomic E-state index is -3.57. The average Bonchev–Trinajstić information content (AvgIpc) is 2.90. The lowest BCUT2D eigenvalue weighted by Crippen LogP contribution is -2.50. The molecule has 0 aromatic heterocycles. The molecule has 10 heteroatoms. The summed E-state index contributed by atoms with van der Waals surface area (Å²) >= 11 is 0. The molecule has 0 heterocycles. The van der Waals surface area contributed by atoms with E-state index >= 15 is 0 Å². The summed E-state index contributed by atoms with van der Waals surface area (Å²) in [6.45, 7) is 6.15. The highest BCUT2D eigenvalue weighted by atomic mass is 32.2. The van der Waals surface area contributed by atoms with Crippen LogP contribution in [0.15, 0.2) is 48.5 Å². The number of hydrogen-bond acceptors (Lipinski definition) is 6. The van der Waals surface area contributed by atoms with Gasteiger partial charge in [0.2, 0.25) is 21.8 Å². The standard InChI is InChI=1S/C28H41N3O6S/c1-7-21(3)29-28(33)26(8-2)30(20-22-11-9-12-25(19-22)37-5)27(32)13-10-18-31(38(6,34)35)23-14-16-24(36-4)17-15-23/h9,11-12,14-17,19,21,26H,7-8,10,13,18,20H2,1-6H3,(H,29,33)/t21-,26-/m0/s1. The molecule has 2 aromatic rings. The predicted octanol–water partition coefficient (Wildman–Crippen LogP) is 3.97. The Balaban J connectivity index is 2.24. The molecule has 0 aliphatic carbocycles. The van der Waals surface area contributed by atoms with Gasteiger partial charge in [0.05, 0.1) is 26.2 Å². The van der Waals surface area contributed by atoms with Crippen LogP contribution in [0, 0.1) is 0 Å². The van der Waals surface area contributed by atoms with Crippen molar-refractivity contribution in [2.45, 2.75) is 65.1 Å². The number of carbonyl (C=O) groups is 2. The van der Waals surface area contributed by atoms with Gasteiger partial charge < -0.3 is 19.7 Å². The van der Waals surface area contributed by atoms with Gasteiger partial charge in [0.25, 0.3) is 0 Å². The summed E-state index contributed by atoms with van der Waals surface area (Å²) in [6, 6.07) is 13.4. The van der Waals surface area contributed by atoms with Gasteiger partial charge in [-0.2, -0.15) is 0 Å². The third-order valence-corrected chi connectivity index (χ3v) is 7.58. The molecular formula is C28H41N3O6S. The van der Waals surface area contributed by atoms with Crippen molar-refractivity contribution < 1.29 is 27.5 Å². The Morgan fingerprint density at radius 3 is 2.18 bits per heavy atom. The third kappa shape index (κ3) is 8.93. The highest BCUT2D eigenvalue weighted by Gasteiger charge is 2.29. The van der Waals surface area contributed by atoms with Crippen molar-refractivity contribution in [3.8, 4) is 11.5 Å². The van der Waals surface area contributed by atoms with Crippen LogP contribution in [0.3, 0.4) is 0 Å². The van der Waals surface area contributed by atoms with E-state index in [1.54, 1.807) is 43.4 Å². The molecule has 0 aliphatic heterocycles. The number of benzene rings is 2. The Hall–Kier alpha value is -3.27. The molecular weight excluding hydrogens is 506 g/mol. The fourth-order valence-electron chi connectivity index (χ4n) is 4.08. The molecule has 2 amide bonds. The van der Waals surface area contributed by atoms with Crippen molar-refractivity contribution in [2.24, 2.45) is 0 Å². The number of amides is 2. The number of nitrogens with zero attached hydrogens (tertiary/aromatic N) is 2. The molecule has 0 saturated heterocycles. The molecule has 0 spiro atoms. The van der Waals surface area contributed by atoms with Gasteiger partial charge in [0.1, 0.15) is 17.5 Å². The summed E-state index contributed by atoms with van der Waals surface area (Å²) in [6.07, 6.45) is 2.73. The van der Waals surface area contributed by atoms with E-state index in [1.807, 2.05) is 45.0 Å². The van der Waals surface area contributed by atoms with Gasteiger partial charge in [-0.15, -0.1) is 0 Å². The van der Waals surface area contributed by atoms with Gasteiger partial charge in [-0.3, -0.25) is 13.9 Å². The van der Waals surface area contributed by atoms with Crippen LogP contribution in [0.25, 0.3) is 0 Å². The van der Waals surface area contributed by atoms with E-state index in [1.165, 1.54) is 4.31 Å². The van der Waals surface area contributed by atoms with Crippen LogP contribution in [-0.2, 0) is 26.2 Å². The summed E-state index contributed by atoms with van der Waals surface area (Å²) in [5.74, 6) is 0.860. The molecule has 0 unspecified atom stereocenters. The zero-order valence-corrected chi connectivity index (χ0v) is 24.1. The van der Waals surface area contributed by atoms with Gasteiger partial charge in [-0.1, -0.05) is 26.0 Å². The number of nitrogens with one attached hydrogen (secondary N) is 1. The second-order valence-corrected chi connectivity index (χ2v) is 11.2. The van der Waals surface area contributed by atoms with Crippen LogP contribution in [-0.4, -0.2) is 64.2 Å². The van der Waals surface area contributed by atoms with Gasteiger partial charge >= 0.3 is 0 Å². The van der Waals surface area contributed by atoms with Crippen molar-refractivity contribution in [1.29, 1.82) is 0 Å². The lowest BCUT2D eigenvalue weighted by Gasteiger charge is -2.32. The molecule has 2 aromatic carbocycles. The molecule has 38 heavy (non-hydrogen) atoms. The Morgan fingerprint density at radius 2 is 1.63 bits per heavy atom. The fraction of sp³-hybridized carbons (Fsp3) is 0.500. The first kappa shape index (κ1) is 31.0. The summed E-state index contributed by atoms with van der Waals surface area (Å²) in [5.41, 5.74) is 1.33. The molecule has 1 N–H and O–H groups in total. The molecule has 0 radical (unpaired) electrons. The van der Waals surface area contributed by atoms with E-state index in [9.17, 15) is 18.0 Å². The average molecular weight is 548 g/mol.